The van der Waals surface area contributed by atoms with E-state index in [4.69, 9.17) is 14.2 Å². The van der Waals surface area contributed by atoms with Gasteiger partial charge in [0, 0.05) is 6.20 Å². The monoisotopic (exact) mass is 601 g/mol. The Labute approximate surface area is 258 Å². The molecule has 0 bridgehead atoms. The van der Waals surface area contributed by atoms with Gasteiger partial charge in [-0.1, -0.05) is 55.5 Å². The summed E-state index contributed by atoms with van der Waals surface area (Å²) in [6.45, 7) is 6.91. The first-order chi connectivity index (χ1) is 21.4. The Morgan fingerprint density at radius 1 is 0.955 bits per heavy atom. The fourth-order valence-corrected chi connectivity index (χ4v) is 5.81. The lowest BCUT2D eigenvalue weighted by Crippen LogP contribution is -2.33. The van der Waals surface area contributed by atoms with Crippen LogP contribution in [0.1, 0.15) is 86.8 Å². The standard InChI is InChI=1S/C34H43N5O5/c1-5-34(41,6-2)23-39-30(20-21-35-39)27-12-10-25(11-13-27)26-14-18-29(19-15-26)44-32-31(33(40)43-7-3)36-37-38(32)22-24-8-16-28(42-4)17-9-24/h8-13,16-17,20-21,26,29,41H,5-7,14-15,18-19,22-23H2,1-4H3. The Balaban J connectivity index is 1.24. The van der Waals surface area contributed by atoms with Crippen molar-refractivity contribution in [1.29, 1.82) is 0 Å². The van der Waals surface area contributed by atoms with E-state index in [0.717, 1.165) is 48.3 Å². The second kappa shape index (κ2) is 14.1. The largest absolute Gasteiger partial charge is 0.497 e. The lowest BCUT2D eigenvalue weighted by Gasteiger charge is -2.29. The molecule has 4 aromatic rings. The number of hydrogen-bond acceptors (Lipinski definition) is 8. The highest BCUT2D eigenvalue weighted by molar-refractivity contribution is 5.89. The number of carbonyl (C=O) groups excluding carboxylic acids is 1. The Morgan fingerprint density at radius 2 is 1.66 bits per heavy atom. The van der Waals surface area contributed by atoms with E-state index in [9.17, 15) is 9.90 Å². The molecule has 44 heavy (non-hydrogen) atoms. The highest BCUT2D eigenvalue weighted by Gasteiger charge is 2.29. The van der Waals surface area contributed by atoms with Crippen LogP contribution < -0.4 is 9.47 Å². The van der Waals surface area contributed by atoms with Crippen LogP contribution in [0, 0.1) is 0 Å². The van der Waals surface area contributed by atoms with Crippen LogP contribution in [-0.2, 0) is 17.8 Å². The maximum atomic E-state index is 12.7. The van der Waals surface area contributed by atoms with Crippen molar-refractivity contribution in [2.24, 2.45) is 0 Å². The molecule has 10 nitrogen and oxygen atoms in total. The van der Waals surface area contributed by atoms with Gasteiger partial charge >= 0.3 is 5.97 Å². The molecule has 0 saturated heterocycles. The number of benzene rings is 2. The molecule has 2 aromatic heterocycles. The van der Waals surface area contributed by atoms with E-state index in [1.165, 1.54) is 5.56 Å². The number of esters is 1. The number of rotatable bonds is 13. The van der Waals surface area contributed by atoms with E-state index in [1.54, 1.807) is 24.9 Å². The van der Waals surface area contributed by atoms with Crippen molar-refractivity contribution >= 4 is 5.97 Å². The average Bonchev–Trinajstić information content (AvgIpc) is 3.68. The van der Waals surface area contributed by atoms with Gasteiger partial charge in [-0.25, -0.2) is 9.48 Å². The van der Waals surface area contributed by atoms with Gasteiger partial charge in [-0.3, -0.25) is 4.68 Å². The lowest BCUT2D eigenvalue weighted by atomic mass is 9.82. The van der Waals surface area contributed by atoms with Crippen LogP contribution in [-0.4, -0.2) is 61.3 Å². The highest BCUT2D eigenvalue weighted by Crippen LogP contribution is 2.36. The molecule has 2 aromatic carbocycles. The van der Waals surface area contributed by atoms with E-state index in [1.807, 2.05) is 48.9 Å². The third-order valence-electron chi connectivity index (χ3n) is 8.76. The quantitative estimate of drug-likeness (QED) is 0.185. The number of carbonyl (C=O) groups is 1. The van der Waals surface area contributed by atoms with Gasteiger partial charge in [-0.15, -0.1) is 5.10 Å². The first kappa shape index (κ1) is 31.3. The van der Waals surface area contributed by atoms with Crippen LogP contribution in [0.4, 0.5) is 0 Å². The maximum absolute atomic E-state index is 12.7. The molecule has 5 rings (SSSR count). The summed E-state index contributed by atoms with van der Waals surface area (Å²) in [7, 11) is 1.63. The molecule has 234 valence electrons. The van der Waals surface area contributed by atoms with Gasteiger partial charge in [0.15, 0.2) is 0 Å². The smallest absolute Gasteiger partial charge is 0.364 e. The summed E-state index contributed by atoms with van der Waals surface area (Å²) < 4.78 is 20.5. The number of hydrogen-bond donors (Lipinski definition) is 1. The predicted molar refractivity (Wildman–Crippen MR) is 167 cm³/mol. The van der Waals surface area contributed by atoms with Crippen molar-refractivity contribution in [1.82, 2.24) is 24.8 Å². The van der Waals surface area contributed by atoms with Crippen molar-refractivity contribution in [2.75, 3.05) is 13.7 Å². The fourth-order valence-electron chi connectivity index (χ4n) is 5.81. The second-order valence-electron chi connectivity index (χ2n) is 11.5. The molecular weight excluding hydrogens is 558 g/mol. The van der Waals surface area contributed by atoms with E-state index >= 15 is 0 Å². The molecule has 1 aliphatic carbocycles. The normalized spacial score (nSPS) is 16.9. The number of aliphatic hydroxyl groups is 1. The summed E-state index contributed by atoms with van der Waals surface area (Å²) in [5.74, 6) is 1.01. The summed E-state index contributed by atoms with van der Waals surface area (Å²) >= 11 is 0. The first-order valence-electron chi connectivity index (χ1n) is 15.6. The SMILES string of the molecule is CCOC(=O)c1nnn(Cc2ccc(OC)cc2)c1OC1CCC(c2ccc(-c3ccnn3CC(O)(CC)CC)cc2)CC1. The molecule has 0 radical (unpaired) electrons. The summed E-state index contributed by atoms with van der Waals surface area (Å²) in [4.78, 5) is 12.7. The second-order valence-corrected chi connectivity index (χ2v) is 11.5. The molecule has 1 aliphatic rings. The van der Waals surface area contributed by atoms with Crippen molar-refractivity contribution < 1.29 is 24.1 Å². The van der Waals surface area contributed by atoms with E-state index < -0.39 is 11.6 Å². The predicted octanol–water partition coefficient (Wildman–Crippen LogP) is 6.03. The van der Waals surface area contributed by atoms with Crippen molar-refractivity contribution in [3.63, 3.8) is 0 Å². The van der Waals surface area contributed by atoms with Gasteiger partial charge in [0.1, 0.15) is 11.9 Å². The lowest BCUT2D eigenvalue weighted by molar-refractivity contribution is 0.0123. The summed E-state index contributed by atoms with van der Waals surface area (Å²) in [5, 5.41) is 23.7. The molecule has 1 fully saturated rings. The molecular formula is C34H43N5O5. The zero-order valence-electron chi connectivity index (χ0n) is 26.1. The van der Waals surface area contributed by atoms with Crippen LogP contribution in [0.15, 0.2) is 60.8 Å². The van der Waals surface area contributed by atoms with Gasteiger partial charge in [-0.2, -0.15) is 5.10 Å². The molecule has 1 saturated carbocycles. The summed E-state index contributed by atoms with van der Waals surface area (Å²) in [6, 6.07) is 18.4. The average molecular weight is 602 g/mol. The fraction of sp³-hybridized carbons (Fsp3) is 0.471. The highest BCUT2D eigenvalue weighted by atomic mass is 16.5. The Kier molecular flexibility index (Phi) is 9.99. The number of methoxy groups -OCH3 is 1. The van der Waals surface area contributed by atoms with Crippen LogP contribution in [0.2, 0.25) is 0 Å². The van der Waals surface area contributed by atoms with Gasteiger partial charge in [-0.05, 0) is 86.3 Å². The maximum Gasteiger partial charge on any atom is 0.364 e. The Bertz CT molecular complexity index is 1500. The third-order valence-corrected chi connectivity index (χ3v) is 8.76. The Morgan fingerprint density at radius 3 is 2.30 bits per heavy atom. The minimum absolute atomic E-state index is 0.0583. The molecule has 1 N–H and O–H groups in total. The van der Waals surface area contributed by atoms with Gasteiger partial charge < -0.3 is 19.3 Å². The van der Waals surface area contributed by atoms with Crippen LogP contribution in [0.25, 0.3) is 11.3 Å². The molecule has 0 atom stereocenters. The summed E-state index contributed by atoms with van der Waals surface area (Å²) in [6.07, 6.45) is 6.73. The van der Waals surface area contributed by atoms with Gasteiger partial charge in [0.25, 0.3) is 0 Å². The van der Waals surface area contributed by atoms with E-state index in [0.29, 0.717) is 37.7 Å². The van der Waals surface area contributed by atoms with Gasteiger partial charge in [0.2, 0.25) is 11.6 Å². The molecule has 0 unspecified atom stereocenters. The van der Waals surface area contributed by atoms with Crippen LogP contribution in [0.5, 0.6) is 11.6 Å². The van der Waals surface area contributed by atoms with E-state index in [-0.39, 0.29) is 18.4 Å². The minimum Gasteiger partial charge on any atom is -0.497 e. The first-order valence-corrected chi connectivity index (χ1v) is 15.6. The zero-order chi connectivity index (χ0) is 31.1. The Hall–Kier alpha value is -4.18. The van der Waals surface area contributed by atoms with E-state index in [2.05, 4.69) is 39.7 Å². The molecule has 10 heteroatoms. The molecule has 0 amide bonds. The van der Waals surface area contributed by atoms with Gasteiger partial charge in [0.05, 0.1) is 38.1 Å². The van der Waals surface area contributed by atoms with Crippen molar-refractivity contribution in [2.45, 2.75) is 90.0 Å². The topological polar surface area (TPSA) is 114 Å². The molecule has 0 aliphatic heterocycles. The van der Waals surface area contributed by atoms with Crippen molar-refractivity contribution in [3.05, 3.63) is 77.6 Å². The van der Waals surface area contributed by atoms with Crippen LogP contribution >= 0.6 is 0 Å². The number of ether oxygens (including phenoxy) is 3. The summed E-state index contributed by atoms with van der Waals surface area (Å²) in [5.41, 5.74) is 3.72. The number of nitrogens with zero attached hydrogens (tertiary/aromatic N) is 5. The number of aromatic nitrogens is 5. The third kappa shape index (κ3) is 7.13. The zero-order valence-corrected chi connectivity index (χ0v) is 26.1. The minimum atomic E-state index is -0.762. The molecule has 2 heterocycles. The van der Waals surface area contributed by atoms with Crippen molar-refractivity contribution in [3.8, 4) is 22.9 Å². The molecule has 0 spiro atoms. The van der Waals surface area contributed by atoms with Crippen LogP contribution in [0.3, 0.4) is 0 Å².